The van der Waals surface area contributed by atoms with Gasteiger partial charge in [-0.3, -0.25) is 5.43 Å². The van der Waals surface area contributed by atoms with E-state index < -0.39 is 0 Å². The lowest BCUT2D eigenvalue weighted by molar-refractivity contribution is 1.29. The highest BCUT2D eigenvalue weighted by molar-refractivity contribution is 7.14. The summed E-state index contributed by atoms with van der Waals surface area (Å²) in [5.41, 5.74) is 12.0. The second-order valence-electron chi connectivity index (χ2n) is 4.73. The Balaban J connectivity index is 1.87. The van der Waals surface area contributed by atoms with E-state index in [1.165, 1.54) is 11.3 Å². The van der Waals surface area contributed by atoms with Crippen LogP contribution < -0.4 is 11.2 Å². The molecule has 0 aliphatic carbocycles. The number of aromatic nitrogens is 1. The average Bonchev–Trinajstić information content (AvgIpc) is 3.01. The molecule has 1 aromatic heterocycles. The molecule has 2 aromatic carbocycles. The first-order chi connectivity index (χ1) is 11.3. The van der Waals surface area contributed by atoms with Gasteiger partial charge in [0, 0.05) is 10.9 Å². The van der Waals surface area contributed by atoms with Crippen LogP contribution in [0.25, 0.3) is 11.1 Å². The summed E-state index contributed by atoms with van der Waals surface area (Å²) >= 11 is 1.39. The largest absolute Gasteiger partial charge is 0.383 e. The van der Waals surface area contributed by atoms with Crippen molar-refractivity contribution in [3.63, 3.8) is 0 Å². The van der Waals surface area contributed by atoms with E-state index in [1.54, 1.807) is 17.7 Å². The molecule has 0 aliphatic rings. The second-order valence-corrected chi connectivity index (χ2v) is 5.59. The Bertz CT molecular complexity index is 892. The summed E-state index contributed by atoms with van der Waals surface area (Å²) in [5, 5.41) is 15.6. The molecule has 0 spiro atoms. The van der Waals surface area contributed by atoms with Gasteiger partial charge in [-0.05, 0) is 23.3 Å². The van der Waals surface area contributed by atoms with E-state index in [0.717, 1.165) is 16.7 Å². The van der Waals surface area contributed by atoms with E-state index in [1.807, 2.05) is 42.5 Å². The normalized spacial score (nSPS) is 10.6. The lowest BCUT2D eigenvalue weighted by Crippen LogP contribution is -1.93. The van der Waals surface area contributed by atoms with Gasteiger partial charge < -0.3 is 5.73 Å². The van der Waals surface area contributed by atoms with Crippen LogP contribution in [0.15, 0.2) is 59.0 Å². The molecule has 0 aliphatic heterocycles. The minimum atomic E-state index is 0.474. The molecule has 0 atom stereocenters. The number of hydrazone groups is 1. The number of nitrogens with two attached hydrogens (primary N) is 1. The number of nitrogen functional groups attached to an aromatic ring is 1. The van der Waals surface area contributed by atoms with Gasteiger partial charge in [0.05, 0.1) is 17.8 Å². The fraction of sp³-hybridized carbons (Fsp3) is 0. The molecule has 112 valence electrons. The SMILES string of the molecule is N#Cc1cccc(-c2ccccc2C=NNc2nc(N)cs2)c1. The average molecular weight is 319 g/mol. The molecule has 3 rings (SSSR count). The van der Waals surface area contributed by atoms with E-state index >= 15 is 0 Å². The number of nitriles is 1. The smallest absolute Gasteiger partial charge is 0.205 e. The summed E-state index contributed by atoms with van der Waals surface area (Å²) < 4.78 is 0. The standard InChI is InChI=1S/C17H13N5S/c18-9-12-4-3-6-13(8-12)15-7-2-1-5-14(15)10-20-22-17-21-16(19)11-23-17/h1-8,10-11H,19H2,(H,21,22). The first kappa shape index (κ1) is 14.8. The summed E-state index contributed by atoms with van der Waals surface area (Å²) in [6.07, 6.45) is 1.73. The predicted octanol–water partition coefficient (Wildman–Crippen LogP) is 3.71. The Kier molecular flexibility index (Phi) is 4.32. The number of thiazole rings is 1. The summed E-state index contributed by atoms with van der Waals surface area (Å²) in [7, 11) is 0. The molecule has 0 fully saturated rings. The van der Waals surface area contributed by atoms with E-state index in [-0.39, 0.29) is 0 Å². The minimum Gasteiger partial charge on any atom is -0.383 e. The fourth-order valence-corrected chi connectivity index (χ4v) is 2.67. The van der Waals surface area contributed by atoms with E-state index in [4.69, 9.17) is 11.0 Å². The Hall–Kier alpha value is -3.17. The van der Waals surface area contributed by atoms with Crippen molar-refractivity contribution < 1.29 is 0 Å². The lowest BCUT2D eigenvalue weighted by atomic mass is 9.99. The summed E-state index contributed by atoms with van der Waals surface area (Å²) in [5.74, 6) is 0.474. The molecule has 6 heteroatoms. The van der Waals surface area contributed by atoms with Crippen LogP contribution in [0, 0.1) is 11.3 Å². The maximum atomic E-state index is 9.05. The molecule has 0 saturated carbocycles. The van der Waals surface area contributed by atoms with Gasteiger partial charge >= 0.3 is 0 Å². The van der Waals surface area contributed by atoms with Crippen molar-refractivity contribution in [2.45, 2.75) is 0 Å². The third-order valence-corrected chi connectivity index (χ3v) is 3.91. The molecule has 3 N–H and O–H groups in total. The maximum Gasteiger partial charge on any atom is 0.205 e. The summed E-state index contributed by atoms with van der Waals surface area (Å²) in [6, 6.07) is 17.5. The van der Waals surface area contributed by atoms with Crippen molar-refractivity contribution in [1.82, 2.24) is 4.98 Å². The van der Waals surface area contributed by atoms with Crippen LogP contribution in [-0.2, 0) is 0 Å². The zero-order valence-corrected chi connectivity index (χ0v) is 12.9. The second kappa shape index (κ2) is 6.73. The maximum absolute atomic E-state index is 9.05. The number of nitrogens with one attached hydrogen (secondary N) is 1. The Morgan fingerprint density at radius 1 is 1.22 bits per heavy atom. The van der Waals surface area contributed by atoms with Crippen molar-refractivity contribution >= 4 is 28.5 Å². The van der Waals surface area contributed by atoms with Gasteiger partial charge in [-0.1, -0.05) is 36.4 Å². The van der Waals surface area contributed by atoms with Crippen LogP contribution >= 0.6 is 11.3 Å². The van der Waals surface area contributed by atoms with Crippen molar-refractivity contribution in [2.75, 3.05) is 11.2 Å². The van der Waals surface area contributed by atoms with Crippen LogP contribution in [0.4, 0.5) is 10.9 Å². The number of hydrogen-bond donors (Lipinski definition) is 2. The van der Waals surface area contributed by atoms with Crippen LogP contribution in [0.1, 0.15) is 11.1 Å². The van der Waals surface area contributed by atoms with Crippen LogP contribution in [0.2, 0.25) is 0 Å². The van der Waals surface area contributed by atoms with Crippen molar-refractivity contribution in [2.24, 2.45) is 5.10 Å². The first-order valence-electron chi connectivity index (χ1n) is 6.86. The van der Waals surface area contributed by atoms with Gasteiger partial charge in [0.2, 0.25) is 5.13 Å². The highest BCUT2D eigenvalue weighted by Gasteiger charge is 2.04. The Morgan fingerprint density at radius 2 is 2.09 bits per heavy atom. The van der Waals surface area contributed by atoms with Crippen molar-refractivity contribution in [3.05, 3.63) is 65.0 Å². The lowest BCUT2D eigenvalue weighted by Gasteiger charge is -2.06. The highest BCUT2D eigenvalue weighted by atomic mass is 32.1. The monoisotopic (exact) mass is 319 g/mol. The third-order valence-electron chi connectivity index (χ3n) is 3.15. The Labute approximate surface area is 137 Å². The first-order valence-corrected chi connectivity index (χ1v) is 7.74. The highest BCUT2D eigenvalue weighted by Crippen LogP contribution is 2.23. The molecule has 5 nitrogen and oxygen atoms in total. The van der Waals surface area contributed by atoms with Gasteiger partial charge in [-0.2, -0.15) is 10.4 Å². The summed E-state index contributed by atoms with van der Waals surface area (Å²) in [4.78, 5) is 4.08. The van der Waals surface area contributed by atoms with Gasteiger partial charge in [-0.15, -0.1) is 11.3 Å². The quantitative estimate of drug-likeness (QED) is 0.567. The number of anilines is 2. The molecule has 1 heterocycles. The van der Waals surface area contributed by atoms with Crippen molar-refractivity contribution in [3.8, 4) is 17.2 Å². The van der Waals surface area contributed by atoms with Crippen LogP contribution in [0.3, 0.4) is 0 Å². The third kappa shape index (κ3) is 3.54. The molecule has 0 amide bonds. The zero-order valence-electron chi connectivity index (χ0n) is 12.1. The van der Waals surface area contributed by atoms with Gasteiger partial charge in [-0.25, -0.2) is 4.98 Å². The van der Waals surface area contributed by atoms with E-state index in [9.17, 15) is 0 Å². The fourth-order valence-electron chi connectivity index (χ4n) is 2.12. The zero-order chi connectivity index (χ0) is 16.1. The van der Waals surface area contributed by atoms with Crippen LogP contribution in [0.5, 0.6) is 0 Å². The Morgan fingerprint density at radius 3 is 2.87 bits per heavy atom. The van der Waals surface area contributed by atoms with E-state index in [2.05, 4.69) is 21.6 Å². The molecule has 23 heavy (non-hydrogen) atoms. The van der Waals surface area contributed by atoms with Crippen LogP contribution in [-0.4, -0.2) is 11.2 Å². The topological polar surface area (TPSA) is 87.1 Å². The number of rotatable bonds is 4. The molecule has 0 unspecified atom stereocenters. The number of benzene rings is 2. The minimum absolute atomic E-state index is 0.474. The van der Waals surface area contributed by atoms with Gasteiger partial charge in [0.15, 0.2) is 0 Å². The van der Waals surface area contributed by atoms with Crippen molar-refractivity contribution in [1.29, 1.82) is 5.26 Å². The van der Waals surface area contributed by atoms with Gasteiger partial charge in [0.1, 0.15) is 5.82 Å². The molecular weight excluding hydrogens is 306 g/mol. The van der Waals surface area contributed by atoms with Gasteiger partial charge in [0.25, 0.3) is 0 Å². The summed E-state index contributed by atoms with van der Waals surface area (Å²) in [6.45, 7) is 0. The number of hydrogen-bond acceptors (Lipinski definition) is 6. The molecule has 3 aromatic rings. The molecular formula is C17H13N5S. The predicted molar refractivity (Wildman–Crippen MR) is 94.3 cm³/mol. The molecule has 0 radical (unpaired) electrons. The molecule has 0 saturated heterocycles. The number of nitrogens with zero attached hydrogens (tertiary/aromatic N) is 3. The van der Waals surface area contributed by atoms with E-state index in [0.29, 0.717) is 16.5 Å². The molecule has 0 bridgehead atoms.